The van der Waals surface area contributed by atoms with Crippen LogP contribution in [0.25, 0.3) is 0 Å². The summed E-state index contributed by atoms with van der Waals surface area (Å²) in [6.07, 6.45) is 14.3. The molecule has 28 heavy (non-hydrogen) atoms. The number of rotatable bonds is 6. The summed E-state index contributed by atoms with van der Waals surface area (Å²) in [6, 6.07) is 0. The van der Waals surface area contributed by atoms with Crippen molar-refractivity contribution < 1.29 is 25.8 Å². The standard InChI is InChI=1S/C9H13.3C5H11N.Hf/c1-9(2,3)8-6-4-5-7-8;3*1-4-5-6(2)3;/h4,6H,5H2,1-3H3;3*4H,1,5H2,2-3H3;/q-1;;;;. The third-order valence-electron chi connectivity index (χ3n) is 2.99. The van der Waals surface area contributed by atoms with E-state index in [0.717, 1.165) is 26.1 Å². The molecule has 0 amide bonds. The molecule has 1 aliphatic rings. The van der Waals surface area contributed by atoms with Crippen LogP contribution in [0.15, 0.2) is 55.7 Å². The Hall–Kier alpha value is -0.550. The van der Waals surface area contributed by atoms with E-state index in [1.54, 1.807) is 0 Å². The summed E-state index contributed by atoms with van der Waals surface area (Å²) in [7, 11) is 12.1. The molecule has 0 N–H and O–H groups in total. The molecule has 0 aromatic carbocycles. The Balaban J connectivity index is -0.000000139. The smallest absolute Gasteiger partial charge is 0.0154 e. The fourth-order valence-corrected chi connectivity index (χ4v) is 1.69. The minimum absolute atomic E-state index is 0. The van der Waals surface area contributed by atoms with Crippen LogP contribution in [0.5, 0.6) is 0 Å². The first kappa shape index (κ1) is 34.9. The molecule has 1 aliphatic carbocycles. The van der Waals surface area contributed by atoms with Gasteiger partial charge in [0.05, 0.1) is 0 Å². The maximum Gasteiger partial charge on any atom is 0.0154 e. The first-order chi connectivity index (χ1) is 12.4. The Labute approximate surface area is 196 Å². The van der Waals surface area contributed by atoms with Gasteiger partial charge in [0.1, 0.15) is 0 Å². The van der Waals surface area contributed by atoms with Gasteiger partial charge in [-0.15, -0.1) is 26.2 Å². The van der Waals surface area contributed by atoms with Gasteiger partial charge in [0.2, 0.25) is 0 Å². The number of nitrogens with zero attached hydrogens (tertiary/aromatic N) is 3. The molecule has 0 saturated carbocycles. The maximum absolute atomic E-state index is 3.56. The Morgan fingerprint density at radius 1 is 0.821 bits per heavy atom. The van der Waals surface area contributed by atoms with Crippen molar-refractivity contribution in [1.29, 1.82) is 0 Å². The Morgan fingerprint density at radius 2 is 1.14 bits per heavy atom. The van der Waals surface area contributed by atoms with Gasteiger partial charge < -0.3 is 14.7 Å². The molecular weight excluding hydrogens is 509 g/mol. The van der Waals surface area contributed by atoms with Crippen molar-refractivity contribution in [2.24, 2.45) is 5.41 Å². The van der Waals surface area contributed by atoms with Gasteiger partial charge in [-0.05, 0) is 47.7 Å². The van der Waals surface area contributed by atoms with E-state index >= 15 is 0 Å². The maximum atomic E-state index is 3.56. The number of hydrogen-bond donors (Lipinski definition) is 0. The van der Waals surface area contributed by atoms with Crippen molar-refractivity contribution in [2.75, 3.05) is 61.9 Å². The van der Waals surface area contributed by atoms with Crippen molar-refractivity contribution in [3.8, 4) is 0 Å². The van der Waals surface area contributed by atoms with E-state index < -0.39 is 0 Å². The Morgan fingerprint density at radius 3 is 1.21 bits per heavy atom. The zero-order valence-corrected chi connectivity index (χ0v) is 23.8. The van der Waals surface area contributed by atoms with Gasteiger partial charge in [-0.1, -0.05) is 39.0 Å². The summed E-state index contributed by atoms with van der Waals surface area (Å²) >= 11 is 0. The van der Waals surface area contributed by atoms with Crippen molar-refractivity contribution in [3.63, 3.8) is 0 Å². The van der Waals surface area contributed by atoms with Crippen LogP contribution in [0.3, 0.4) is 0 Å². The minimum atomic E-state index is 0. The van der Waals surface area contributed by atoms with Crippen LogP contribution in [-0.4, -0.2) is 76.6 Å². The Kier molecular flexibility index (Phi) is 28.4. The molecule has 1 rings (SSSR count). The second kappa shape index (κ2) is 22.7. The molecule has 0 fully saturated rings. The van der Waals surface area contributed by atoms with Gasteiger partial charge in [-0.3, -0.25) is 6.08 Å². The van der Waals surface area contributed by atoms with Crippen LogP contribution < -0.4 is 0 Å². The summed E-state index contributed by atoms with van der Waals surface area (Å²) < 4.78 is 0. The van der Waals surface area contributed by atoms with Gasteiger partial charge in [0.25, 0.3) is 0 Å². The molecule has 0 spiro atoms. The second-order valence-electron chi connectivity index (χ2n) is 8.10. The van der Waals surface area contributed by atoms with Gasteiger partial charge >= 0.3 is 0 Å². The number of likely N-dealkylation sites (N-methyl/N-ethyl adjacent to an activating group) is 3. The fourth-order valence-electron chi connectivity index (χ4n) is 1.69. The normalized spacial score (nSPS) is 11.8. The minimum Gasteiger partial charge on any atom is -0.306 e. The predicted molar refractivity (Wildman–Crippen MR) is 126 cm³/mol. The largest absolute Gasteiger partial charge is 0.306 e. The number of allylic oxidation sites excluding steroid dienone is 4. The van der Waals surface area contributed by atoms with E-state index in [-0.39, 0.29) is 25.8 Å². The molecule has 0 unspecified atom stereocenters. The van der Waals surface area contributed by atoms with E-state index in [1.165, 1.54) is 5.57 Å². The molecule has 0 aliphatic heterocycles. The fraction of sp³-hybridized carbons (Fsp3) is 0.583. The predicted octanol–water partition coefficient (Wildman–Crippen LogP) is 4.92. The van der Waals surface area contributed by atoms with E-state index in [0.29, 0.717) is 5.41 Å². The van der Waals surface area contributed by atoms with Crippen LogP contribution in [0.4, 0.5) is 0 Å². The molecule has 0 aromatic heterocycles. The van der Waals surface area contributed by atoms with E-state index in [4.69, 9.17) is 0 Å². The molecule has 0 bridgehead atoms. The SMILES string of the molecule is C=CCN(C)C.C=CCN(C)C.C=CCN(C)C.CC(C)(C)C1=[C-]CC=C1.[Hf]. The third kappa shape index (κ3) is 33.1. The van der Waals surface area contributed by atoms with Gasteiger partial charge in [0, 0.05) is 45.5 Å². The van der Waals surface area contributed by atoms with Crippen LogP contribution in [0, 0.1) is 11.5 Å². The summed E-state index contributed by atoms with van der Waals surface area (Å²) in [5.74, 6) is 0. The van der Waals surface area contributed by atoms with Crippen LogP contribution in [-0.2, 0) is 25.8 Å². The second-order valence-corrected chi connectivity index (χ2v) is 8.10. The van der Waals surface area contributed by atoms with Crippen molar-refractivity contribution >= 4 is 0 Å². The molecule has 162 valence electrons. The van der Waals surface area contributed by atoms with Crippen LogP contribution in [0.1, 0.15) is 27.2 Å². The van der Waals surface area contributed by atoms with Crippen molar-refractivity contribution in [1.82, 2.24) is 14.7 Å². The number of hydrogen-bond acceptors (Lipinski definition) is 3. The van der Waals surface area contributed by atoms with Gasteiger partial charge in [-0.25, -0.2) is 11.6 Å². The molecule has 0 heterocycles. The zero-order valence-electron chi connectivity index (χ0n) is 20.2. The van der Waals surface area contributed by atoms with Gasteiger partial charge in [-0.2, -0.15) is 6.08 Å². The van der Waals surface area contributed by atoms with E-state index in [1.807, 2.05) is 60.5 Å². The molecule has 0 saturated heterocycles. The average molecular weight is 555 g/mol. The quantitative estimate of drug-likeness (QED) is 0.262. The van der Waals surface area contributed by atoms with Crippen molar-refractivity contribution in [3.05, 3.63) is 61.8 Å². The molecule has 0 aromatic rings. The first-order valence-corrected chi connectivity index (χ1v) is 9.47. The molecule has 4 heteroatoms. The van der Waals surface area contributed by atoms with Crippen LogP contribution in [0.2, 0.25) is 0 Å². The molecular formula is C24H46HfN3-. The topological polar surface area (TPSA) is 9.72 Å². The van der Waals surface area contributed by atoms with Crippen molar-refractivity contribution in [2.45, 2.75) is 27.2 Å². The summed E-state index contributed by atoms with van der Waals surface area (Å²) in [5.41, 5.74) is 1.65. The summed E-state index contributed by atoms with van der Waals surface area (Å²) in [6.45, 7) is 20.2. The first-order valence-electron chi connectivity index (χ1n) is 9.47. The summed E-state index contributed by atoms with van der Waals surface area (Å²) in [5, 5.41) is 0. The third-order valence-corrected chi connectivity index (χ3v) is 2.99. The van der Waals surface area contributed by atoms with Gasteiger partial charge in [0.15, 0.2) is 0 Å². The summed E-state index contributed by atoms with van der Waals surface area (Å²) in [4.78, 5) is 6.19. The van der Waals surface area contributed by atoms with Crippen LogP contribution >= 0.6 is 0 Å². The molecule has 0 radical (unpaired) electrons. The van der Waals surface area contributed by atoms with E-state index in [2.05, 4.69) is 73.4 Å². The average Bonchev–Trinajstić information content (AvgIpc) is 3.03. The molecule has 3 nitrogen and oxygen atoms in total. The van der Waals surface area contributed by atoms with E-state index in [9.17, 15) is 0 Å². The zero-order chi connectivity index (χ0) is 21.9. The molecule has 0 atom stereocenters. The Bertz CT molecular complexity index is 394. The monoisotopic (exact) mass is 556 g/mol.